The van der Waals surface area contributed by atoms with Crippen LogP contribution in [-0.4, -0.2) is 19.3 Å². The van der Waals surface area contributed by atoms with Gasteiger partial charge in [-0.15, -0.1) is 0 Å². The molecule has 0 saturated heterocycles. The van der Waals surface area contributed by atoms with Crippen LogP contribution in [0, 0.1) is 0 Å². The molecule has 0 aromatic heterocycles. The Balaban J connectivity index is 3.29. The van der Waals surface area contributed by atoms with E-state index in [1.807, 2.05) is 6.92 Å². The molecule has 0 aromatic rings. The van der Waals surface area contributed by atoms with Crippen molar-refractivity contribution in [2.75, 3.05) is 13.2 Å². The Bertz CT molecular complexity index is 81.3. The van der Waals surface area contributed by atoms with Crippen LogP contribution < -0.4 is 0 Å². The first-order chi connectivity index (χ1) is 4.85. The molecule has 0 N–H and O–H groups in total. The van der Waals surface area contributed by atoms with Gasteiger partial charge in [0, 0.05) is 6.61 Å². The van der Waals surface area contributed by atoms with Gasteiger partial charge >= 0.3 is 0 Å². The Hall–Kier alpha value is -0.500. The summed E-state index contributed by atoms with van der Waals surface area (Å²) in [5.41, 5.74) is 0. The van der Waals surface area contributed by atoms with Crippen molar-refractivity contribution in [3.8, 4) is 0 Å². The van der Waals surface area contributed by atoms with Crippen LogP contribution in [0.3, 0.4) is 0 Å². The lowest BCUT2D eigenvalue weighted by Crippen LogP contribution is -2.16. The van der Waals surface area contributed by atoms with Crippen LogP contribution in [0.1, 0.15) is 20.3 Å². The Labute approximate surface area is 62.8 Å². The predicted octanol–water partition coefficient (Wildman–Crippen LogP) is 1.96. The molecule has 0 radical (unpaired) electrons. The van der Waals surface area contributed by atoms with E-state index in [4.69, 9.17) is 9.47 Å². The summed E-state index contributed by atoms with van der Waals surface area (Å²) in [5, 5.41) is 0. The zero-order valence-electron chi connectivity index (χ0n) is 6.80. The summed E-state index contributed by atoms with van der Waals surface area (Å²) in [4.78, 5) is 0. The Morgan fingerprint density at radius 1 is 1.50 bits per heavy atom. The second kappa shape index (κ2) is 6.62. The van der Waals surface area contributed by atoms with Crippen LogP contribution in [-0.2, 0) is 9.47 Å². The fraction of sp³-hybridized carbons (Fsp3) is 0.750. The standard InChI is InChI=1S/C8H16O2/c1-4-8(10-6-3)7-9-5-2/h6,8H,3-5,7H2,1-2H3. The molecule has 0 aliphatic carbocycles. The lowest BCUT2D eigenvalue weighted by atomic mass is 10.3. The summed E-state index contributed by atoms with van der Waals surface area (Å²) in [6, 6.07) is 0. The van der Waals surface area contributed by atoms with Crippen molar-refractivity contribution in [3.63, 3.8) is 0 Å². The lowest BCUT2D eigenvalue weighted by molar-refractivity contribution is 0.0309. The third-order valence-electron chi connectivity index (χ3n) is 1.25. The molecule has 60 valence electrons. The molecule has 0 saturated carbocycles. The van der Waals surface area contributed by atoms with Crippen molar-refractivity contribution in [1.82, 2.24) is 0 Å². The second-order valence-corrected chi connectivity index (χ2v) is 1.99. The van der Waals surface area contributed by atoms with Gasteiger partial charge in [-0.3, -0.25) is 0 Å². The monoisotopic (exact) mass is 144 g/mol. The average molecular weight is 144 g/mol. The Morgan fingerprint density at radius 2 is 2.20 bits per heavy atom. The van der Waals surface area contributed by atoms with E-state index < -0.39 is 0 Å². The highest BCUT2D eigenvalue weighted by atomic mass is 16.5. The third kappa shape index (κ3) is 4.39. The first kappa shape index (κ1) is 9.50. The third-order valence-corrected chi connectivity index (χ3v) is 1.25. The van der Waals surface area contributed by atoms with E-state index in [-0.39, 0.29) is 6.10 Å². The van der Waals surface area contributed by atoms with Crippen LogP contribution in [0.15, 0.2) is 12.8 Å². The summed E-state index contributed by atoms with van der Waals surface area (Å²) >= 11 is 0. The Morgan fingerprint density at radius 3 is 2.60 bits per heavy atom. The predicted molar refractivity (Wildman–Crippen MR) is 41.9 cm³/mol. The zero-order chi connectivity index (χ0) is 7.82. The highest BCUT2D eigenvalue weighted by Gasteiger charge is 2.02. The molecule has 1 atom stereocenters. The fourth-order valence-electron chi connectivity index (χ4n) is 0.639. The quantitative estimate of drug-likeness (QED) is 0.530. The van der Waals surface area contributed by atoms with Crippen molar-refractivity contribution < 1.29 is 9.47 Å². The highest BCUT2D eigenvalue weighted by Crippen LogP contribution is 1.98. The SMILES string of the molecule is C=COC(CC)COCC. The minimum Gasteiger partial charge on any atom is -0.496 e. The molecule has 2 heteroatoms. The van der Waals surface area contributed by atoms with E-state index in [1.165, 1.54) is 6.26 Å². The molecule has 0 aromatic carbocycles. The largest absolute Gasteiger partial charge is 0.496 e. The number of ether oxygens (including phenoxy) is 2. The number of rotatable bonds is 6. The van der Waals surface area contributed by atoms with Crippen LogP contribution in [0.25, 0.3) is 0 Å². The maximum absolute atomic E-state index is 5.17. The molecule has 0 heterocycles. The van der Waals surface area contributed by atoms with Gasteiger partial charge in [0.1, 0.15) is 6.10 Å². The molecule has 10 heavy (non-hydrogen) atoms. The molecule has 0 aliphatic rings. The Kier molecular flexibility index (Phi) is 6.29. The molecular weight excluding hydrogens is 128 g/mol. The van der Waals surface area contributed by atoms with Crippen molar-refractivity contribution in [1.29, 1.82) is 0 Å². The van der Waals surface area contributed by atoms with Crippen molar-refractivity contribution in [3.05, 3.63) is 12.8 Å². The second-order valence-electron chi connectivity index (χ2n) is 1.99. The molecule has 2 nitrogen and oxygen atoms in total. The van der Waals surface area contributed by atoms with Crippen LogP contribution in [0.4, 0.5) is 0 Å². The number of hydrogen-bond donors (Lipinski definition) is 0. The fourth-order valence-corrected chi connectivity index (χ4v) is 0.639. The van der Waals surface area contributed by atoms with E-state index in [0.29, 0.717) is 6.61 Å². The van der Waals surface area contributed by atoms with Gasteiger partial charge in [0.15, 0.2) is 0 Å². The topological polar surface area (TPSA) is 18.5 Å². The molecule has 0 bridgehead atoms. The normalized spacial score (nSPS) is 12.6. The van der Waals surface area contributed by atoms with Crippen molar-refractivity contribution in [2.24, 2.45) is 0 Å². The van der Waals surface area contributed by atoms with Gasteiger partial charge in [0.2, 0.25) is 0 Å². The van der Waals surface area contributed by atoms with Crippen molar-refractivity contribution in [2.45, 2.75) is 26.4 Å². The van der Waals surface area contributed by atoms with Crippen LogP contribution >= 0.6 is 0 Å². The molecule has 0 amide bonds. The maximum Gasteiger partial charge on any atom is 0.121 e. The smallest absolute Gasteiger partial charge is 0.121 e. The van der Waals surface area contributed by atoms with Gasteiger partial charge in [-0.2, -0.15) is 0 Å². The van der Waals surface area contributed by atoms with Gasteiger partial charge in [0.25, 0.3) is 0 Å². The van der Waals surface area contributed by atoms with Gasteiger partial charge in [-0.25, -0.2) is 0 Å². The molecular formula is C8H16O2. The lowest BCUT2D eigenvalue weighted by Gasteiger charge is -2.13. The van der Waals surface area contributed by atoms with E-state index >= 15 is 0 Å². The van der Waals surface area contributed by atoms with Gasteiger partial charge in [-0.1, -0.05) is 13.5 Å². The van der Waals surface area contributed by atoms with E-state index in [0.717, 1.165) is 13.0 Å². The molecule has 0 aliphatic heterocycles. The van der Waals surface area contributed by atoms with Gasteiger partial charge in [0.05, 0.1) is 12.9 Å². The van der Waals surface area contributed by atoms with Crippen molar-refractivity contribution >= 4 is 0 Å². The molecule has 1 unspecified atom stereocenters. The summed E-state index contributed by atoms with van der Waals surface area (Å²) in [7, 11) is 0. The van der Waals surface area contributed by atoms with Gasteiger partial charge in [-0.05, 0) is 13.3 Å². The molecule has 0 rings (SSSR count). The first-order valence-corrected chi connectivity index (χ1v) is 3.69. The summed E-state index contributed by atoms with van der Waals surface area (Å²) in [5.74, 6) is 0. The summed E-state index contributed by atoms with van der Waals surface area (Å²) in [6.45, 7) is 8.93. The van der Waals surface area contributed by atoms with Crippen LogP contribution in [0.5, 0.6) is 0 Å². The van der Waals surface area contributed by atoms with Gasteiger partial charge < -0.3 is 9.47 Å². The minimum absolute atomic E-state index is 0.178. The molecule has 0 spiro atoms. The maximum atomic E-state index is 5.17. The minimum atomic E-state index is 0.178. The highest BCUT2D eigenvalue weighted by molar-refractivity contribution is 4.59. The number of hydrogen-bond acceptors (Lipinski definition) is 2. The molecule has 0 fully saturated rings. The average Bonchev–Trinajstić information content (AvgIpc) is 1.98. The van der Waals surface area contributed by atoms with Crippen LogP contribution in [0.2, 0.25) is 0 Å². The zero-order valence-corrected chi connectivity index (χ0v) is 6.80. The van der Waals surface area contributed by atoms with E-state index in [1.54, 1.807) is 0 Å². The summed E-state index contributed by atoms with van der Waals surface area (Å²) in [6.07, 6.45) is 2.61. The summed E-state index contributed by atoms with van der Waals surface area (Å²) < 4.78 is 10.3. The first-order valence-electron chi connectivity index (χ1n) is 3.69. The van der Waals surface area contributed by atoms with E-state index in [9.17, 15) is 0 Å². The van der Waals surface area contributed by atoms with E-state index in [2.05, 4.69) is 13.5 Å².